The van der Waals surface area contributed by atoms with Gasteiger partial charge in [-0.1, -0.05) is 49.4 Å². The summed E-state index contributed by atoms with van der Waals surface area (Å²) in [5.41, 5.74) is 4.26. The SMILES string of the molecule is C=C1CC(C)CC(CCSc2ccc3c(c2)N(CCC2CCCCN2C)c2ccccc2S3)C1. The monoisotopic (exact) mass is 492 g/mol. The Balaban J connectivity index is 1.29. The minimum atomic E-state index is 0.712. The maximum atomic E-state index is 4.29. The molecule has 0 spiro atoms. The zero-order valence-corrected chi connectivity index (χ0v) is 22.6. The highest BCUT2D eigenvalue weighted by Gasteiger charge is 2.26. The van der Waals surface area contributed by atoms with Gasteiger partial charge in [0.1, 0.15) is 0 Å². The Morgan fingerprint density at radius 3 is 2.74 bits per heavy atom. The molecular weight excluding hydrogens is 452 g/mol. The molecule has 3 atom stereocenters. The molecule has 1 saturated carbocycles. The molecule has 3 aliphatic rings. The van der Waals surface area contributed by atoms with Gasteiger partial charge in [-0.05, 0) is 106 Å². The van der Waals surface area contributed by atoms with Gasteiger partial charge in [-0.15, -0.1) is 11.8 Å². The molecule has 2 aliphatic heterocycles. The molecule has 1 aliphatic carbocycles. The van der Waals surface area contributed by atoms with Crippen LogP contribution in [0, 0.1) is 11.8 Å². The van der Waals surface area contributed by atoms with E-state index in [9.17, 15) is 0 Å². The van der Waals surface area contributed by atoms with Crippen molar-refractivity contribution in [3.8, 4) is 0 Å². The van der Waals surface area contributed by atoms with E-state index in [2.05, 4.69) is 72.8 Å². The van der Waals surface area contributed by atoms with Gasteiger partial charge in [0.15, 0.2) is 0 Å². The Hall–Kier alpha value is -1.36. The minimum Gasteiger partial charge on any atom is -0.340 e. The van der Waals surface area contributed by atoms with E-state index in [0.717, 1.165) is 18.4 Å². The van der Waals surface area contributed by atoms with Crippen molar-refractivity contribution in [2.45, 2.75) is 79.0 Å². The van der Waals surface area contributed by atoms with Gasteiger partial charge in [-0.2, -0.15) is 0 Å². The highest BCUT2D eigenvalue weighted by atomic mass is 32.2. The van der Waals surface area contributed by atoms with Gasteiger partial charge in [0, 0.05) is 27.3 Å². The van der Waals surface area contributed by atoms with E-state index >= 15 is 0 Å². The third-order valence-electron chi connectivity index (χ3n) is 7.95. The van der Waals surface area contributed by atoms with E-state index < -0.39 is 0 Å². The molecule has 2 fully saturated rings. The Morgan fingerprint density at radius 1 is 1.03 bits per heavy atom. The fourth-order valence-corrected chi connectivity index (χ4v) is 8.33. The summed E-state index contributed by atoms with van der Waals surface area (Å²) in [5.74, 6) is 2.85. The number of anilines is 2. The predicted octanol–water partition coefficient (Wildman–Crippen LogP) is 8.64. The Morgan fingerprint density at radius 2 is 1.88 bits per heavy atom. The lowest BCUT2D eigenvalue weighted by Crippen LogP contribution is -2.38. The highest BCUT2D eigenvalue weighted by molar-refractivity contribution is 8.00. The first-order valence-electron chi connectivity index (χ1n) is 13.2. The summed E-state index contributed by atoms with van der Waals surface area (Å²) >= 11 is 3.98. The van der Waals surface area contributed by atoms with E-state index in [-0.39, 0.29) is 0 Å². The Bertz CT molecular complexity index is 1000. The smallest absolute Gasteiger partial charge is 0.0564 e. The van der Waals surface area contributed by atoms with Gasteiger partial charge >= 0.3 is 0 Å². The van der Waals surface area contributed by atoms with Crippen LogP contribution in [0.3, 0.4) is 0 Å². The number of piperidine rings is 1. The molecule has 3 unspecified atom stereocenters. The standard InChI is InChI=1S/C30H40N2S2/c1-22-18-23(2)20-24(19-22)14-17-33-26-11-12-30-28(21-26)32(27-9-4-5-10-29(27)34-30)16-13-25-8-6-7-15-31(25)3/h4-5,9-12,21,23-25H,1,6-8,13-20H2,2-3H3. The van der Waals surface area contributed by atoms with Crippen molar-refractivity contribution in [3.05, 3.63) is 54.6 Å². The molecule has 2 aromatic rings. The summed E-state index contributed by atoms with van der Waals surface area (Å²) in [6.45, 7) is 9.03. The van der Waals surface area contributed by atoms with Crippen molar-refractivity contribution < 1.29 is 0 Å². The van der Waals surface area contributed by atoms with Crippen molar-refractivity contribution in [3.63, 3.8) is 0 Å². The van der Waals surface area contributed by atoms with Crippen LogP contribution < -0.4 is 4.90 Å². The molecule has 0 aromatic heterocycles. The fourth-order valence-electron chi connectivity index (χ4n) is 6.21. The number of likely N-dealkylation sites (tertiary alicyclic amines) is 1. The number of benzene rings is 2. The second kappa shape index (κ2) is 11.1. The van der Waals surface area contributed by atoms with Gasteiger partial charge < -0.3 is 9.80 Å². The van der Waals surface area contributed by atoms with Crippen molar-refractivity contribution in [2.24, 2.45) is 11.8 Å². The number of fused-ring (bicyclic) bond motifs is 2. The van der Waals surface area contributed by atoms with Crippen LogP contribution in [0.1, 0.15) is 58.3 Å². The molecule has 34 heavy (non-hydrogen) atoms. The summed E-state index contributed by atoms with van der Waals surface area (Å²) in [6, 6.07) is 16.9. The number of nitrogens with zero attached hydrogens (tertiary/aromatic N) is 2. The van der Waals surface area contributed by atoms with Crippen molar-refractivity contribution in [1.82, 2.24) is 4.90 Å². The topological polar surface area (TPSA) is 6.48 Å². The largest absolute Gasteiger partial charge is 0.340 e. The fraction of sp³-hybridized carbons (Fsp3) is 0.533. The third-order valence-corrected chi connectivity index (χ3v) is 10.1. The zero-order chi connectivity index (χ0) is 23.5. The quantitative estimate of drug-likeness (QED) is 0.282. The van der Waals surface area contributed by atoms with Crippen molar-refractivity contribution >= 4 is 34.9 Å². The summed E-state index contributed by atoms with van der Waals surface area (Å²) < 4.78 is 0. The van der Waals surface area contributed by atoms with Gasteiger partial charge in [0.05, 0.1) is 11.4 Å². The van der Waals surface area contributed by atoms with Gasteiger partial charge in [0.25, 0.3) is 0 Å². The average molecular weight is 493 g/mol. The Kier molecular flexibility index (Phi) is 7.97. The van der Waals surface area contributed by atoms with Crippen LogP contribution in [0.5, 0.6) is 0 Å². The van der Waals surface area contributed by atoms with E-state index in [0.29, 0.717) is 6.04 Å². The first-order valence-corrected chi connectivity index (χ1v) is 15.0. The Labute approximate surface area is 215 Å². The summed E-state index contributed by atoms with van der Waals surface area (Å²) in [4.78, 5) is 9.40. The van der Waals surface area contributed by atoms with E-state index in [1.54, 1.807) is 0 Å². The van der Waals surface area contributed by atoms with Gasteiger partial charge in [0.2, 0.25) is 0 Å². The maximum Gasteiger partial charge on any atom is 0.0564 e. The third kappa shape index (κ3) is 5.71. The zero-order valence-electron chi connectivity index (χ0n) is 21.0. The first-order chi connectivity index (χ1) is 16.6. The maximum absolute atomic E-state index is 4.29. The molecule has 0 amide bonds. The molecule has 2 heterocycles. The van der Waals surface area contributed by atoms with Crippen LogP contribution in [0.25, 0.3) is 0 Å². The molecule has 182 valence electrons. The second-order valence-electron chi connectivity index (χ2n) is 10.8. The molecular formula is C30H40N2S2. The molecule has 2 nitrogen and oxygen atoms in total. The summed E-state index contributed by atoms with van der Waals surface area (Å²) in [6.07, 6.45) is 10.5. The van der Waals surface area contributed by atoms with Crippen LogP contribution >= 0.6 is 23.5 Å². The van der Waals surface area contributed by atoms with E-state index in [4.69, 9.17) is 0 Å². The molecule has 1 saturated heterocycles. The molecule has 0 radical (unpaired) electrons. The van der Waals surface area contributed by atoms with Crippen LogP contribution in [0.2, 0.25) is 0 Å². The number of hydrogen-bond donors (Lipinski definition) is 0. The van der Waals surface area contributed by atoms with Crippen LogP contribution in [-0.2, 0) is 0 Å². The lowest BCUT2D eigenvalue weighted by atomic mass is 9.79. The normalized spacial score (nSPS) is 25.2. The molecule has 2 aromatic carbocycles. The number of allylic oxidation sites excluding steroid dienone is 1. The van der Waals surface area contributed by atoms with E-state index in [1.165, 1.54) is 95.3 Å². The second-order valence-corrected chi connectivity index (χ2v) is 13.0. The average Bonchev–Trinajstić information content (AvgIpc) is 2.82. The van der Waals surface area contributed by atoms with Gasteiger partial charge in [-0.25, -0.2) is 0 Å². The molecule has 0 bridgehead atoms. The van der Waals surface area contributed by atoms with Crippen molar-refractivity contribution in [2.75, 3.05) is 30.8 Å². The number of rotatable bonds is 7. The molecule has 4 heteroatoms. The predicted molar refractivity (Wildman–Crippen MR) is 150 cm³/mol. The van der Waals surface area contributed by atoms with Crippen LogP contribution in [-0.4, -0.2) is 36.8 Å². The number of thioether (sulfide) groups is 1. The molecule has 5 rings (SSSR count). The first kappa shape index (κ1) is 24.3. The lowest BCUT2D eigenvalue weighted by Gasteiger charge is -2.37. The van der Waals surface area contributed by atoms with Crippen LogP contribution in [0.4, 0.5) is 11.4 Å². The highest BCUT2D eigenvalue weighted by Crippen LogP contribution is 2.49. The molecule has 0 N–H and O–H groups in total. The number of hydrogen-bond acceptors (Lipinski definition) is 4. The number of para-hydroxylation sites is 1. The minimum absolute atomic E-state index is 0.712. The van der Waals surface area contributed by atoms with E-state index in [1.807, 2.05) is 23.5 Å². The lowest BCUT2D eigenvalue weighted by molar-refractivity contribution is 0.178. The summed E-state index contributed by atoms with van der Waals surface area (Å²) in [7, 11) is 2.31. The summed E-state index contributed by atoms with van der Waals surface area (Å²) in [5, 5.41) is 0. The van der Waals surface area contributed by atoms with Gasteiger partial charge in [-0.3, -0.25) is 0 Å². The van der Waals surface area contributed by atoms with Crippen molar-refractivity contribution in [1.29, 1.82) is 0 Å². The van der Waals surface area contributed by atoms with Crippen LogP contribution in [0.15, 0.2) is 69.3 Å².